The van der Waals surface area contributed by atoms with Gasteiger partial charge in [-0.1, -0.05) is 92.3 Å². The molecule has 0 radical (unpaired) electrons. The monoisotopic (exact) mass is 1470 g/mol. The number of nitrogens with two attached hydrogens (primary N) is 1. The molecule has 11 aromatic rings. The van der Waals surface area contributed by atoms with Gasteiger partial charge in [-0.2, -0.15) is 15.0 Å². The van der Waals surface area contributed by atoms with Gasteiger partial charge >= 0.3 is 12.2 Å². The topological polar surface area (TPSA) is 307 Å². The predicted molar refractivity (Wildman–Crippen MR) is 393 cm³/mol. The lowest BCUT2D eigenvalue weighted by Gasteiger charge is -2.33. The van der Waals surface area contributed by atoms with Gasteiger partial charge in [0.25, 0.3) is 5.89 Å². The van der Waals surface area contributed by atoms with Gasteiger partial charge in [-0.05, 0) is 205 Å². The molecular weight excluding hydrogens is 1400 g/mol. The van der Waals surface area contributed by atoms with Gasteiger partial charge in [0.15, 0.2) is 5.84 Å². The number of nitrogens with one attached hydrogen (secondary N) is 2. The second-order valence-corrected chi connectivity index (χ2v) is 25.9. The molecule has 0 bridgehead atoms. The van der Waals surface area contributed by atoms with Crippen LogP contribution in [0.4, 0.5) is 27.2 Å². The number of amidine groups is 1. The second kappa shape index (κ2) is 36.9. The maximum atomic E-state index is 13.3. The predicted octanol–water partition coefficient (Wildman–Crippen LogP) is 14.3. The number of rotatable bonds is 10. The standard InChI is InChI=1S/C24H25FN4O3.C22H21FN4O3.C19H17FN4O.C14H10FN3O.ClH/c1-23(2,3)31-22(30)29(6)24(4,5)21-27-20(28-32-21)19-13-12-17(15-26-19)11-10-16-8-7-9-18(25)14-16;1-14(25-21(28)29-22(2,3)4)20-26-19(27-30-20)18-11-10-16(13-24-18)9-8-15-6-5-7-17(23)12-15;1-19(2,21-3)18-23-17(24-25-18)16-10-9-14(12-22-16)8-7-13-5-4-6-15(20)11-13;15-12-3-1-2-10(8-12)4-5-11-6-7-13(17-9-11)14(16)18-19;/h7-9,12-15H,1-6H3;5-7,10-14H,1-4H3,(H,25,28);4-6,9-12,21H,1-3H3;1-3,6-9,19H,(H2,16,18);1H. The smallest absolute Gasteiger partial charge is 0.410 e. The molecule has 0 aliphatic rings. The number of ether oxygens (including phenoxy) is 2. The van der Waals surface area contributed by atoms with E-state index in [1.54, 1.807) is 179 Å². The fourth-order valence-electron chi connectivity index (χ4n) is 8.34. The minimum Gasteiger partial charge on any atom is -0.444 e. The number of hydrogen-bond acceptors (Lipinski definition) is 20. The third-order valence-corrected chi connectivity index (χ3v) is 14.4. The van der Waals surface area contributed by atoms with Crippen molar-refractivity contribution in [3.8, 4) is 81.9 Å². The molecule has 0 fully saturated rings. The Morgan fingerprint density at radius 1 is 0.505 bits per heavy atom. The van der Waals surface area contributed by atoms with Crippen molar-refractivity contribution in [3.63, 3.8) is 0 Å². The van der Waals surface area contributed by atoms with Crippen LogP contribution in [0.25, 0.3) is 34.6 Å². The number of nitrogens with zero attached hydrogens (tertiary/aromatic N) is 12. The first-order valence-electron chi connectivity index (χ1n) is 32.4. The van der Waals surface area contributed by atoms with Crippen molar-refractivity contribution >= 4 is 30.4 Å². The van der Waals surface area contributed by atoms with Crippen molar-refractivity contribution in [2.24, 2.45) is 10.9 Å². The Hall–Kier alpha value is -13.1. The molecule has 5 N–H and O–H groups in total. The SMILES string of the molecule is CC(NC(=O)OC(C)(C)C)c1nc(-c2ccc(C#Cc3cccc(F)c3)cn2)no1.CN(C(=O)OC(C)(C)C)C(C)(C)c1nc(-c2ccc(C#Cc3cccc(F)c3)cn2)no1.CNC(C)(C)c1nc(-c2ccc(C#Cc3cccc(F)c3)cn2)no1.Cl.N/C(=N\O)c1ccc(C#Cc2cccc(F)c2)cn1. The number of hydrogen-bond donors (Lipinski definition) is 4. The van der Waals surface area contributed by atoms with E-state index in [-0.39, 0.29) is 64.9 Å². The Bertz CT molecular complexity index is 5150. The van der Waals surface area contributed by atoms with Gasteiger partial charge in [0.05, 0.1) is 5.54 Å². The quantitative estimate of drug-likeness (QED) is 0.0247. The summed E-state index contributed by atoms with van der Waals surface area (Å²) < 4.78 is 79.1. The normalized spacial score (nSPS) is 11.2. The summed E-state index contributed by atoms with van der Waals surface area (Å²) in [5, 5.41) is 29.0. The van der Waals surface area contributed by atoms with Gasteiger partial charge in [-0.15, -0.1) is 12.4 Å². The van der Waals surface area contributed by atoms with E-state index < -0.39 is 40.5 Å². The Morgan fingerprint density at radius 3 is 1.21 bits per heavy atom. The average molecular weight is 1470 g/mol. The molecule has 7 heterocycles. The third-order valence-electron chi connectivity index (χ3n) is 14.4. The molecule has 0 saturated carbocycles. The molecule has 7 aromatic heterocycles. The highest BCUT2D eigenvalue weighted by Gasteiger charge is 2.38. The average Bonchev–Trinajstić information content (AvgIpc) is 1.71. The van der Waals surface area contributed by atoms with E-state index in [0.717, 1.165) is 0 Å². The van der Waals surface area contributed by atoms with Crippen molar-refractivity contribution in [2.45, 2.75) is 104 Å². The van der Waals surface area contributed by atoms with Crippen molar-refractivity contribution in [2.75, 3.05) is 14.1 Å². The van der Waals surface area contributed by atoms with Crippen LogP contribution in [0, 0.1) is 70.6 Å². The maximum absolute atomic E-state index is 13.3. The van der Waals surface area contributed by atoms with E-state index in [2.05, 4.69) is 114 Å². The van der Waals surface area contributed by atoms with Crippen molar-refractivity contribution in [1.82, 2.24) is 65.9 Å². The lowest BCUT2D eigenvalue weighted by molar-refractivity contribution is 0.00467. The first-order chi connectivity index (χ1) is 50.3. The Kier molecular flexibility index (Phi) is 28.0. The Balaban J connectivity index is 0.000000201. The van der Waals surface area contributed by atoms with Crippen molar-refractivity contribution in [3.05, 3.63) is 262 Å². The van der Waals surface area contributed by atoms with Crippen LogP contribution in [0.1, 0.15) is 150 Å². The first-order valence-corrected chi connectivity index (χ1v) is 32.4. The van der Waals surface area contributed by atoms with E-state index >= 15 is 0 Å². The molecule has 0 saturated heterocycles. The van der Waals surface area contributed by atoms with Crippen molar-refractivity contribution < 1.29 is 55.4 Å². The van der Waals surface area contributed by atoms with E-state index in [4.69, 9.17) is 34.0 Å². The van der Waals surface area contributed by atoms with Crippen LogP contribution >= 0.6 is 12.4 Å². The van der Waals surface area contributed by atoms with Gasteiger partial charge in [-0.3, -0.25) is 24.8 Å². The number of alkyl carbamates (subject to hydrolysis) is 1. The van der Waals surface area contributed by atoms with Crippen LogP contribution < -0.4 is 16.4 Å². The molecule has 0 spiro atoms. The lowest BCUT2D eigenvalue weighted by Crippen LogP contribution is -2.45. The molecule has 548 valence electrons. The molecule has 1 unspecified atom stereocenters. The second-order valence-electron chi connectivity index (χ2n) is 25.9. The summed E-state index contributed by atoms with van der Waals surface area (Å²) in [5.41, 5.74) is 9.82. The summed E-state index contributed by atoms with van der Waals surface area (Å²) >= 11 is 0. The van der Waals surface area contributed by atoms with Gasteiger partial charge in [0.2, 0.25) is 29.3 Å². The van der Waals surface area contributed by atoms with Gasteiger partial charge < -0.3 is 44.6 Å². The van der Waals surface area contributed by atoms with Gasteiger partial charge in [-0.25, -0.2) is 27.2 Å². The lowest BCUT2D eigenvalue weighted by atomic mass is 10.0. The fourth-order valence-corrected chi connectivity index (χ4v) is 8.34. The molecule has 11 rings (SSSR count). The van der Waals surface area contributed by atoms with Crippen molar-refractivity contribution in [1.29, 1.82) is 0 Å². The zero-order valence-corrected chi connectivity index (χ0v) is 61.2. The van der Waals surface area contributed by atoms with Gasteiger partial charge in [0.1, 0.15) is 68.8 Å². The third kappa shape index (κ3) is 25.1. The number of aromatic nitrogens is 10. The number of carbonyl (C=O) groups excluding carboxylic acids is 2. The van der Waals surface area contributed by atoms with Crippen LogP contribution in [-0.4, -0.2) is 104 Å². The van der Waals surface area contributed by atoms with E-state index in [1.807, 2.05) is 27.0 Å². The first kappa shape index (κ1) is 81.2. The minimum absolute atomic E-state index is 0. The van der Waals surface area contributed by atoms with E-state index in [9.17, 15) is 27.2 Å². The highest BCUT2D eigenvalue weighted by Crippen LogP contribution is 2.29. The summed E-state index contributed by atoms with van der Waals surface area (Å²) in [5.74, 6) is 23.8. The van der Waals surface area contributed by atoms with Crippen LogP contribution in [0.3, 0.4) is 0 Å². The molecule has 0 aliphatic carbocycles. The molecule has 107 heavy (non-hydrogen) atoms. The highest BCUT2D eigenvalue weighted by atomic mass is 35.5. The fraction of sp³-hybridized carbons (Fsp3) is 0.228. The summed E-state index contributed by atoms with van der Waals surface area (Å²) in [4.78, 5) is 55.7. The largest absolute Gasteiger partial charge is 0.444 e. The number of pyridine rings is 4. The van der Waals surface area contributed by atoms with Crippen LogP contribution in [-0.2, 0) is 20.6 Å². The number of halogens is 5. The number of oxime groups is 1. The molecular formula is C79H74ClF4N15O8. The van der Waals surface area contributed by atoms with E-state index in [0.29, 0.717) is 79.0 Å². The summed E-state index contributed by atoms with van der Waals surface area (Å²) in [6.07, 6.45) is 5.20. The zero-order valence-electron chi connectivity index (χ0n) is 60.4. The molecule has 28 heteroatoms. The molecule has 1 atom stereocenters. The zero-order chi connectivity index (χ0) is 76.8. The van der Waals surface area contributed by atoms with Crippen LogP contribution in [0.15, 0.2) is 189 Å². The number of carbonyl (C=O) groups is 2. The van der Waals surface area contributed by atoms with E-state index in [1.165, 1.54) is 59.6 Å². The molecule has 4 aromatic carbocycles. The molecule has 0 aliphatic heterocycles. The number of benzene rings is 4. The molecule has 2 amide bonds. The minimum atomic E-state index is -0.899. The number of amides is 2. The highest BCUT2D eigenvalue weighted by molar-refractivity contribution is 5.95. The molecule has 23 nitrogen and oxygen atoms in total. The maximum Gasteiger partial charge on any atom is 0.410 e. The summed E-state index contributed by atoms with van der Waals surface area (Å²) in [6, 6.07) is 37.6. The summed E-state index contributed by atoms with van der Waals surface area (Å²) in [6.45, 7) is 19.9. The Morgan fingerprint density at radius 2 is 0.860 bits per heavy atom. The van der Waals surface area contributed by atoms with Crippen LogP contribution in [0.5, 0.6) is 0 Å². The summed E-state index contributed by atoms with van der Waals surface area (Å²) in [7, 11) is 3.44. The Labute approximate surface area is 621 Å². The van der Waals surface area contributed by atoms with Gasteiger partial charge in [0, 0.05) is 76.3 Å². The van der Waals surface area contributed by atoms with Crippen LogP contribution in [0.2, 0.25) is 0 Å².